The number of carboxylic acid groups (broad SMARTS) is 1. The zero-order chi connectivity index (χ0) is 13.8. The number of aromatic carboxylic acids is 1. The molecule has 1 aromatic rings. The molecule has 1 atom stereocenters. The Morgan fingerprint density at radius 2 is 2.37 bits per heavy atom. The van der Waals surface area contributed by atoms with Crippen LogP contribution in [0.25, 0.3) is 0 Å². The first-order chi connectivity index (χ1) is 9.06. The normalized spacial score (nSPS) is 20.2. The van der Waals surface area contributed by atoms with Gasteiger partial charge in [-0.3, -0.25) is 0 Å². The number of likely N-dealkylation sites (tertiary alicyclic amines) is 1. The number of benzene rings is 1. The fourth-order valence-corrected chi connectivity index (χ4v) is 2.54. The highest BCUT2D eigenvalue weighted by molar-refractivity contribution is 5.90. The lowest BCUT2D eigenvalue weighted by Crippen LogP contribution is -2.35. The molecule has 1 fully saturated rings. The first-order valence-corrected chi connectivity index (χ1v) is 6.61. The van der Waals surface area contributed by atoms with Crippen molar-refractivity contribution in [2.75, 3.05) is 37.7 Å². The van der Waals surface area contributed by atoms with Crippen molar-refractivity contribution in [3.63, 3.8) is 0 Å². The Morgan fingerprint density at radius 1 is 1.58 bits per heavy atom. The second-order valence-corrected chi connectivity index (χ2v) is 5.26. The molecular weight excluding hydrogens is 242 g/mol. The Balaban J connectivity index is 1.98. The van der Waals surface area contributed by atoms with Crippen LogP contribution in [0.4, 0.5) is 11.4 Å². The molecule has 5 nitrogen and oxygen atoms in total. The van der Waals surface area contributed by atoms with E-state index < -0.39 is 5.97 Å². The van der Waals surface area contributed by atoms with Gasteiger partial charge in [0.25, 0.3) is 0 Å². The first kappa shape index (κ1) is 13.7. The summed E-state index contributed by atoms with van der Waals surface area (Å²) in [6, 6.07) is 4.76. The third kappa shape index (κ3) is 3.61. The van der Waals surface area contributed by atoms with Crippen LogP contribution in [0.2, 0.25) is 0 Å². The van der Waals surface area contributed by atoms with E-state index in [1.807, 2.05) is 0 Å². The average Bonchev–Trinajstić information content (AvgIpc) is 2.37. The molecule has 1 saturated heterocycles. The van der Waals surface area contributed by atoms with Gasteiger partial charge in [0.2, 0.25) is 0 Å². The molecule has 0 aliphatic carbocycles. The van der Waals surface area contributed by atoms with Crippen molar-refractivity contribution in [1.29, 1.82) is 0 Å². The van der Waals surface area contributed by atoms with Crippen LogP contribution >= 0.6 is 0 Å². The minimum Gasteiger partial charge on any atom is -0.478 e. The third-order valence-corrected chi connectivity index (χ3v) is 3.60. The van der Waals surface area contributed by atoms with E-state index in [-0.39, 0.29) is 5.56 Å². The highest BCUT2D eigenvalue weighted by Gasteiger charge is 2.17. The summed E-state index contributed by atoms with van der Waals surface area (Å²) in [4.78, 5) is 13.3. The molecular formula is C14H21N3O2. The maximum absolute atomic E-state index is 10.9. The van der Waals surface area contributed by atoms with E-state index in [4.69, 9.17) is 10.8 Å². The van der Waals surface area contributed by atoms with Gasteiger partial charge in [0.15, 0.2) is 0 Å². The van der Waals surface area contributed by atoms with E-state index in [9.17, 15) is 4.79 Å². The molecule has 0 bridgehead atoms. The minimum atomic E-state index is -0.930. The molecule has 1 unspecified atom stereocenters. The Morgan fingerprint density at radius 3 is 3.05 bits per heavy atom. The molecule has 0 aromatic heterocycles. The number of anilines is 2. The van der Waals surface area contributed by atoms with Gasteiger partial charge in [-0.2, -0.15) is 0 Å². The van der Waals surface area contributed by atoms with Gasteiger partial charge in [-0.25, -0.2) is 4.79 Å². The minimum absolute atomic E-state index is 0.262. The number of nitrogen functional groups attached to an aromatic ring is 1. The van der Waals surface area contributed by atoms with Gasteiger partial charge in [0.05, 0.1) is 16.9 Å². The van der Waals surface area contributed by atoms with Crippen molar-refractivity contribution in [2.24, 2.45) is 5.92 Å². The van der Waals surface area contributed by atoms with E-state index in [1.54, 1.807) is 12.1 Å². The molecule has 0 amide bonds. The highest BCUT2D eigenvalue weighted by atomic mass is 16.4. The van der Waals surface area contributed by atoms with Crippen molar-refractivity contribution in [2.45, 2.75) is 12.8 Å². The molecule has 0 spiro atoms. The first-order valence-electron chi connectivity index (χ1n) is 6.61. The predicted molar refractivity (Wildman–Crippen MR) is 76.5 cm³/mol. The van der Waals surface area contributed by atoms with Gasteiger partial charge < -0.3 is 21.1 Å². The van der Waals surface area contributed by atoms with E-state index in [2.05, 4.69) is 17.3 Å². The number of hydrogen-bond acceptors (Lipinski definition) is 4. The van der Waals surface area contributed by atoms with Crippen LogP contribution in [0.5, 0.6) is 0 Å². The van der Waals surface area contributed by atoms with Gasteiger partial charge >= 0.3 is 5.97 Å². The quantitative estimate of drug-likeness (QED) is 0.721. The van der Waals surface area contributed by atoms with Crippen LogP contribution < -0.4 is 11.1 Å². The Labute approximate surface area is 113 Å². The van der Waals surface area contributed by atoms with Crippen LogP contribution in [0.15, 0.2) is 18.2 Å². The summed E-state index contributed by atoms with van der Waals surface area (Å²) >= 11 is 0. The SMILES string of the molecule is CN1CCCC(CNc2cc(C(=O)O)ccc2N)C1. The standard InChI is InChI=1S/C14H21N3O2/c1-17-6-2-3-10(9-17)8-16-13-7-11(14(18)19)4-5-12(13)15/h4-5,7,10,16H,2-3,6,8-9,15H2,1H3,(H,18,19). The Kier molecular flexibility index (Phi) is 4.27. The molecule has 0 radical (unpaired) electrons. The third-order valence-electron chi connectivity index (χ3n) is 3.60. The number of nitrogens with two attached hydrogens (primary N) is 1. The topological polar surface area (TPSA) is 78.6 Å². The summed E-state index contributed by atoms with van der Waals surface area (Å²) in [5.41, 5.74) is 7.44. The average molecular weight is 263 g/mol. The van der Waals surface area contributed by atoms with Crippen LogP contribution in [0.3, 0.4) is 0 Å². The molecule has 1 aliphatic heterocycles. The summed E-state index contributed by atoms with van der Waals surface area (Å²) in [7, 11) is 2.13. The molecule has 1 heterocycles. The van der Waals surface area contributed by atoms with Crippen molar-refractivity contribution in [1.82, 2.24) is 4.90 Å². The molecule has 4 N–H and O–H groups in total. The van der Waals surface area contributed by atoms with Crippen molar-refractivity contribution >= 4 is 17.3 Å². The number of hydrogen-bond donors (Lipinski definition) is 3. The largest absolute Gasteiger partial charge is 0.478 e. The Bertz CT molecular complexity index is 462. The van der Waals surface area contributed by atoms with E-state index >= 15 is 0 Å². The van der Waals surface area contributed by atoms with Crippen molar-refractivity contribution < 1.29 is 9.90 Å². The van der Waals surface area contributed by atoms with Gasteiger partial charge in [0.1, 0.15) is 0 Å². The fraction of sp³-hybridized carbons (Fsp3) is 0.500. The van der Waals surface area contributed by atoms with Gasteiger partial charge in [0, 0.05) is 13.1 Å². The lowest BCUT2D eigenvalue weighted by atomic mass is 9.98. The second-order valence-electron chi connectivity index (χ2n) is 5.26. The summed E-state index contributed by atoms with van der Waals surface area (Å²) in [5, 5.41) is 12.3. The molecule has 1 aromatic carbocycles. The Hall–Kier alpha value is -1.75. The van der Waals surface area contributed by atoms with Gasteiger partial charge in [-0.1, -0.05) is 0 Å². The molecule has 0 saturated carbocycles. The van der Waals surface area contributed by atoms with Crippen LogP contribution in [-0.2, 0) is 0 Å². The number of nitrogens with one attached hydrogen (secondary N) is 1. The highest BCUT2D eigenvalue weighted by Crippen LogP contribution is 2.22. The number of nitrogens with zero attached hydrogens (tertiary/aromatic N) is 1. The zero-order valence-electron chi connectivity index (χ0n) is 11.2. The monoisotopic (exact) mass is 263 g/mol. The number of piperidine rings is 1. The summed E-state index contributed by atoms with van der Waals surface area (Å²) in [6.07, 6.45) is 2.42. The van der Waals surface area contributed by atoms with E-state index in [1.165, 1.54) is 18.9 Å². The molecule has 104 valence electrons. The maximum atomic E-state index is 10.9. The van der Waals surface area contributed by atoms with Crippen molar-refractivity contribution in [3.8, 4) is 0 Å². The van der Waals surface area contributed by atoms with Crippen LogP contribution in [-0.4, -0.2) is 42.7 Å². The zero-order valence-corrected chi connectivity index (χ0v) is 11.2. The van der Waals surface area contributed by atoms with Gasteiger partial charge in [-0.05, 0) is 50.6 Å². The fourth-order valence-electron chi connectivity index (χ4n) is 2.54. The molecule has 19 heavy (non-hydrogen) atoms. The number of carboxylic acids is 1. The predicted octanol–water partition coefficient (Wildman–Crippen LogP) is 1.72. The maximum Gasteiger partial charge on any atom is 0.335 e. The smallest absolute Gasteiger partial charge is 0.335 e. The second kappa shape index (κ2) is 5.93. The summed E-state index contributed by atoms with van der Waals surface area (Å²) < 4.78 is 0. The number of carbonyl (C=O) groups is 1. The number of rotatable bonds is 4. The summed E-state index contributed by atoms with van der Waals surface area (Å²) in [5.74, 6) is -0.341. The van der Waals surface area contributed by atoms with Crippen LogP contribution in [0.1, 0.15) is 23.2 Å². The van der Waals surface area contributed by atoms with Crippen molar-refractivity contribution in [3.05, 3.63) is 23.8 Å². The lowest BCUT2D eigenvalue weighted by molar-refractivity contribution is 0.0697. The molecule has 1 aliphatic rings. The lowest BCUT2D eigenvalue weighted by Gasteiger charge is -2.30. The van der Waals surface area contributed by atoms with Gasteiger partial charge in [-0.15, -0.1) is 0 Å². The van der Waals surface area contributed by atoms with Crippen LogP contribution in [0, 0.1) is 5.92 Å². The molecule has 5 heteroatoms. The summed E-state index contributed by atoms with van der Waals surface area (Å²) in [6.45, 7) is 3.07. The van der Waals surface area contributed by atoms with E-state index in [0.717, 1.165) is 19.6 Å². The molecule has 2 rings (SSSR count). The van der Waals surface area contributed by atoms with E-state index in [0.29, 0.717) is 17.3 Å².